The van der Waals surface area contributed by atoms with Gasteiger partial charge in [-0.2, -0.15) is 5.10 Å². The van der Waals surface area contributed by atoms with Crippen LogP contribution in [-0.4, -0.2) is 51.2 Å². The maximum Gasteiger partial charge on any atom is 0.408 e. The Kier molecular flexibility index (Phi) is 9.68. The van der Waals surface area contributed by atoms with E-state index in [1.54, 1.807) is 12.1 Å². The molecule has 5 aromatic rings. The van der Waals surface area contributed by atoms with Crippen LogP contribution in [0.25, 0.3) is 17.1 Å². The molecule has 0 aliphatic rings. The first-order valence-corrected chi connectivity index (χ1v) is 13.7. The van der Waals surface area contributed by atoms with E-state index in [4.69, 9.17) is 14.2 Å². The van der Waals surface area contributed by atoms with E-state index in [0.717, 1.165) is 16.7 Å². The van der Waals surface area contributed by atoms with Crippen molar-refractivity contribution in [2.75, 3.05) is 7.11 Å². The third kappa shape index (κ3) is 7.51. The van der Waals surface area contributed by atoms with Gasteiger partial charge in [-0.15, -0.1) is 10.2 Å². The Bertz CT molecular complexity index is 1690. The second-order valence-corrected chi connectivity index (χ2v) is 9.61. The van der Waals surface area contributed by atoms with Gasteiger partial charge in [0, 0.05) is 12.0 Å². The summed E-state index contributed by atoms with van der Waals surface area (Å²) in [6.07, 6.45) is 0.280. The zero-order chi connectivity index (χ0) is 30.7. The summed E-state index contributed by atoms with van der Waals surface area (Å²) in [6.45, 7) is -0.0282. The fraction of sp³-hybridized carbons (Fsp3) is 0.152. The van der Waals surface area contributed by atoms with Gasteiger partial charge in [0.2, 0.25) is 0 Å². The Morgan fingerprint density at radius 2 is 1.39 bits per heavy atom. The molecule has 1 N–H and O–H groups in total. The van der Waals surface area contributed by atoms with Crippen molar-refractivity contribution in [1.82, 2.24) is 25.3 Å². The van der Waals surface area contributed by atoms with Gasteiger partial charge in [-0.25, -0.2) is 19.1 Å². The molecule has 1 atom stereocenters. The highest BCUT2D eigenvalue weighted by molar-refractivity contribution is 5.91. The maximum atomic E-state index is 13.4. The second-order valence-electron chi connectivity index (χ2n) is 9.61. The first-order valence-electron chi connectivity index (χ1n) is 13.7. The fourth-order valence-corrected chi connectivity index (χ4v) is 4.37. The highest BCUT2D eigenvalue weighted by Gasteiger charge is 2.29. The number of nitrogens with zero attached hydrogens (tertiary/aromatic N) is 4. The Labute approximate surface area is 253 Å². The smallest absolute Gasteiger partial charge is 0.408 e. The molecule has 1 amide bonds. The Hall–Kier alpha value is -5.84. The number of carbonyl (C=O) groups excluding carboxylic acids is 3. The highest BCUT2D eigenvalue weighted by Crippen LogP contribution is 2.20. The van der Waals surface area contributed by atoms with E-state index < -0.39 is 24.1 Å². The van der Waals surface area contributed by atoms with Crippen LogP contribution < -0.4 is 5.32 Å². The van der Waals surface area contributed by atoms with E-state index in [-0.39, 0.29) is 36.7 Å². The number of methoxy groups -OCH3 is 1. The van der Waals surface area contributed by atoms with Crippen molar-refractivity contribution >= 4 is 18.0 Å². The second kappa shape index (κ2) is 14.4. The molecule has 0 spiro atoms. The molecule has 0 bridgehead atoms. The lowest BCUT2D eigenvalue weighted by Crippen LogP contribution is -2.44. The number of hydrogen-bond donors (Lipinski definition) is 1. The summed E-state index contributed by atoms with van der Waals surface area (Å²) in [6, 6.07) is 30.0. The summed E-state index contributed by atoms with van der Waals surface area (Å²) in [4.78, 5) is 39.0. The van der Waals surface area contributed by atoms with Gasteiger partial charge in [0.15, 0.2) is 5.82 Å². The van der Waals surface area contributed by atoms with Crippen molar-refractivity contribution < 1.29 is 28.6 Å². The van der Waals surface area contributed by atoms with Crippen LogP contribution in [0.1, 0.15) is 27.2 Å². The lowest BCUT2D eigenvalue weighted by Gasteiger charge is -2.19. The van der Waals surface area contributed by atoms with Gasteiger partial charge in [0.05, 0.1) is 24.7 Å². The Morgan fingerprint density at radius 3 is 1.98 bits per heavy atom. The molecular weight excluding hydrogens is 562 g/mol. The van der Waals surface area contributed by atoms with E-state index in [9.17, 15) is 14.4 Å². The van der Waals surface area contributed by atoms with Crippen LogP contribution in [0.5, 0.6) is 0 Å². The van der Waals surface area contributed by atoms with Gasteiger partial charge in [-0.3, -0.25) is 0 Å². The van der Waals surface area contributed by atoms with Crippen molar-refractivity contribution in [2.45, 2.75) is 25.7 Å². The number of carbonyl (C=O) groups is 3. The summed E-state index contributed by atoms with van der Waals surface area (Å²) in [5.74, 6) is -1.12. The SMILES string of the molecule is COC(=O)c1cnn(-c2ccc(-c3ccccc3)nn2)c1C[C@H](NC(=O)OCc1ccccc1)C(=O)OCc1ccccc1. The molecule has 0 aliphatic heterocycles. The lowest BCUT2D eigenvalue weighted by atomic mass is 10.1. The molecule has 11 heteroatoms. The molecule has 0 fully saturated rings. The quantitative estimate of drug-likeness (QED) is 0.171. The molecule has 3 aromatic carbocycles. The van der Waals surface area contributed by atoms with Crippen molar-refractivity contribution in [3.05, 3.63) is 132 Å². The standard InChI is InChI=1S/C33H29N5O6/c1-42-31(39)26-20-34-38(30-18-17-27(36-37-30)25-15-9-4-10-16-25)29(26)19-28(32(40)43-21-23-11-5-2-6-12-23)35-33(41)44-22-24-13-7-3-8-14-24/h2-18,20,28H,19,21-22H2,1H3,(H,35,41)/t28-/m0/s1. The van der Waals surface area contributed by atoms with Gasteiger partial charge in [0.25, 0.3) is 0 Å². The molecule has 0 aliphatic carbocycles. The fourth-order valence-electron chi connectivity index (χ4n) is 4.37. The summed E-state index contributed by atoms with van der Waals surface area (Å²) in [5.41, 5.74) is 3.39. The molecule has 5 rings (SSSR count). The Morgan fingerprint density at radius 1 is 0.773 bits per heavy atom. The molecular formula is C33H29N5O6. The molecule has 11 nitrogen and oxygen atoms in total. The zero-order valence-corrected chi connectivity index (χ0v) is 23.8. The van der Waals surface area contributed by atoms with Crippen LogP contribution in [0.3, 0.4) is 0 Å². The van der Waals surface area contributed by atoms with Crippen LogP contribution in [0, 0.1) is 0 Å². The molecule has 0 saturated heterocycles. The van der Waals surface area contributed by atoms with E-state index in [1.807, 2.05) is 91.0 Å². The van der Waals surface area contributed by atoms with Crippen LogP contribution in [-0.2, 0) is 38.6 Å². The van der Waals surface area contributed by atoms with Crippen molar-refractivity contribution in [3.8, 4) is 17.1 Å². The van der Waals surface area contributed by atoms with Gasteiger partial charge in [0.1, 0.15) is 24.8 Å². The lowest BCUT2D eigenvalue weighted by molar-refractivity contribution is -0.147. The van der Waals surface area contributed by atoms with E-state index in [2.05, 4.69) is 20.6 Å². The summed E-state index contributed by atoms with van der Waals surface area (Å²) < 4.78 is 17.3. The first kappa shape index (κ1) is 29.6. The first-order chi connectivity index (χ1) is 21.5. The van der Waals surface area contributed by atoms with Gasteiger partial charge in [-0.05, 0) is 23.3 Å². The number of hydrogen-bond acceptors (Lipinski definition) is 9. The van der Waals surface area contributed by atoms with Crippen molar-refractivity contribution in [2.24, 2.45) is 0 Å². The van der Waals surface area contributed by atoms with Crippen LogP contribution in [0.4, 0.5) is 4.79 Å². The summed E-state index contributed by atoms with van der Waals surface area (Å²) >= 11 is 0. The number of rotatable bonds is 11. The third-order valence-electron chi connectivity index (χ3n) is 6.62. The monoisotopic (exact) mass is 591 g/mol. The maximum absolute atomic E-state index is 13.4. The predicted octanol–water partition coefficient (Wildman–Crippen LogP) is 4.70. The summed E-state index contributed by atoms with van der Waals surface area (Å²) in [7, 11) is 1.24. The van der Waals surface area contributed by atoms with Gasteiger partial charge < -0.3 is 19.5 Å². The topological polar surface area (TPSA) is 135 Å². The van der Waals surface area contributed by atoms with E-state index >= 15 is 0 Å². The zero-order valence-electron chi connectivity index (χ0n) is 23.8. The Balaban J connectivity index is 1.41. The minimum Gasteiger partial charge on any atom is -0.465 e. The number of amides is 1. The molecule has 0 unspecified atom stereocenters. The predicted molar refractivity (Wildman–Crippen MR) is 159 cm³/mol. The number of alkyl carbamates (subject to hydrolysis) is 1. The molecule has 0 saturated carbocycles. The van der Waals surface area contributed by atoms with Crippen molar-refractivity contribution in [1.29, 1.82) is 0 Å². The number of benzene rings is 3. The van der Waals surface area contributed by atoms with Crippen LogP contribution in [0.15, 0.2) is 109 Å². The normalized spacial score (nSPS) is 11.3. The average Bonchev–Trinajstić information content (AvgIpc) is 3.50. The van der Waals surface area contributed by atoms with Gasteiger partial charge >= 0.3 is 18.0 Å². The molecule has 2 heterocycles. The molecule has 0 radical (unpaired) electrons. The van der Waals surface area contributed by atoms with Crippen LogP contribution in [0.2, 0.25) is 0 Å². The minimum absolute atomic E-state index is 0.00679. The van der Waals surface area contributed by atoms with E-state index in [0.29, 0.717) is 5.69 Å². The van der Waals surface area contributed by atoms with Gasteiger partial charge in [-0.1, -0.05) is 91.0 Å². The third-order valence-corrected chi connectivity index (χ3v) is 6.62. The highest BCUT2D eigenvalue weighted by atomic mass is 16.6. The van der Waals surface area contributed by atoms with E-state index in [1.165, 1.54) is 18.0 Å². The summed E-state index contributed by atoms with van der Waals surface area (Å²) in [5, 5.41) is 15.5. The molecule has 44 heavy (non-hydrogen) atoms. The number of nitrogens with one attached hydrogen (secondary N) is 1. The number of ether oxygens (including phenoxy) is 3. The molecule has 222 valence electrons. The number of esters is 2. The minimum atomic E-state index is -1.25. The van der Waals surface area contributed by atoms with Crippen LogP contribution >= 0.6 is 0 Å². The number of aromatic nitrogens is 4. The molecule has 2 aromatic heterocycles. The van der Waals surface area contributed by atoms with Crippen molar-refractivity contribution in [3.63, 3.8) is 0 Å². The average molecular weight is 592 g/mol. The largest absolute Gasteiger partial charge is 0.465 e.